The molecule has 0 atom stereocenters. The van der Waals surface area contributed by atoms with Gasteiger partial charge >= 0.3 is 0 Å². The highest BCUT2D eigenvalue weighted by Crippen LogP contribution is 2.34. The number of aromatic hydroxyl groups is 2. The van der Waals surface area contributed by atoms with Crippen LogP contribution in [-0.4, -0.2) is 52.8 Å². The van der Waals surface area contributed by atoms with Gasteiger partial charge in [-0.25, -0.2) is 16.8 Å². The van der Waals surface area contributed by atoms with Crippen LogP contribution < -0.4 is 9.47 Å². The number of sulfone groups is 2. The van der Waals surface area contributed by atoms with Crippen LogP contribution in [0.4, 0.5) is 0 Å². The zero-order valence-electron chi connectivity index (χ0n) is 24.1. The highest BCUT2D eigenvalue weighted by Gasteiger charge is 2.11. The molecule has 0 aliphatic carbocycles. The molecule has 4 aromatic rings. The Kier molecular flexibility index (Phi) is 11.0. The summed E-state index contributed by atoms with van der Waals surface area (Å²) in [5.41, 5.74) is 3.36. The van der Waals surface area contributed by atoms with E-state index < -0.39 is 19.7 Å². The first-order valence-electron chi connectivity index (χ1n) is 13.4. The molecule has 0 unspecified atom stereocenters. The molecule has 10 heteroatoms. The topological polar surface area (TPSA) is 127 Å². The van der Waals surface area contributed by atoms with Crippen LogP contribution in [0.1, 0.15) is 26.7 Å². The highest BCUT2D eigenvalue weighted by molar-refractivity contribution is 7.91. The van der Waals surface area contributed by atoms with Crippen LogP contribution in [-0.2, 0) is 19.7 Å². The molecular weight excluding hydrogens is 576 g/mol. The van der Waals surface area contributed by atoms with Gasteiger partial charge in [0.1, 0.15) is 0 Å². The van der Waals surface area contributed by atoms with Gasteiger partial charge < -0.3 is 19.7 Å². The van der Waals surface area contributed by atoms with E-state index in [0.29, 0.717) is 23.7 Å². The first-order valence-corrected chi connectivity index (χ1v) is 17.1. The molecule has 2 N–H and O–H groups in total. The van der Waals surface area contributed by atoms with Gasteiger partial charge in [0.05, 0.1) is 23.0 Å². The number of phenols is 2. The summed E-state index contributed by atoms with van der Waals surface area (Å²) < 4.78 is 57.3. The highest BCUT2D eigenvalue weighted by atomic mass is 32.2. The number of hydrogen-bond donors (Lipinski definition) is 2. The van der Waals surface area contributed by atoms with Gasteiger partial charge in [0.15, 0.2) is 42.7 Å². The fourth-order valence-corrected chi connectivity index (χ4v) is 5.10. The second-order valence-electron chi connectivity index (χ2n) is 9.66. The van der Waals surface area contributed by atoms with Crippen molar-refractivity contribution in [2.24, 2.45) is 0 Å². The smallest absolute Gasteiger partial charge is 0.175 e. The molecule has 42 heavy (non-hydrogen) atoms. The van der Waals surface area contributed by atoms with E-state index in [1.165, 1.54) is 30.5 Å². The summed E-state index contributed by atoms with van der Waals surface area (Å²) in [5.74, 6) is 1.06. The van der Waals surface area contributed by atoms with E-state index in [1.54, 1.807) is 30.3 Å². The van der Waals surface area contributed by atoms with E-state index in [0.717, 1.165) is 47.3 Å². The molecule has 0 radical (unpaired) electrons. The maximum Gasteiger partial charge on any atom is 0.175 e. The molecule has 4 aromatic carbocycles. The van der Waals surface area contributed by atoms with Crippen LogP contribution in [0, 0.1) is 0 Å². The fourth-order valence-electron chi connectivity index (χ4n) is 3.84. The molecule has 224 valence electrons. The van der Waals surface area contributed by atoms with Gasteiger partial charge in [0.25, 0.3) is 0 Å². The second kappa shape index (κ2) is 14.2. The minimum absolute atomic E-state index is 0.188. The first-order chi connectivity index (χ1) is 19.8. The zero-order valence-corrected chi connectivity index (χ0v) is 25.7. The standard InChI is InChI=1S/C19H24O4S.C13H12O4S/c1-4-12-22-18-11-8-16(14-19(18)23-13-5-2)15-6-9-17(10-7-15)24(3,20)21;1-18(16,17)11-5-2-9(3-6-11)10-4-7-12(14)13(15)8-10/h6-11,14H,4-5,12-13H2,1-3H3;2-8,14-15H,1H3. The van der Waals surface area contributed by atoms with E-state index in [9.17, 15) is 27.0 Å². The minimum Gasteiger partial charge on any atom is -0.504 e. The normalized spacial score (nSPS) is 11.3. The molecule has 0 heterocycles. The lowest BCUT2D eigenvalue weighted by atomic mass is 10.1. The van der Waals surface area contributed by atoms with Crippen LogP contribution in [0.5, 0.6) is 23.0 Å². The first kappa shape index (κ1) is 32.5. The van der Waals surface area contributed by atoms with Gasteiger partial charge in [-0.05, 0) is 83.6 Å². The molecular formula is C32H36O8S2. The molecule has 0 saturated heterocycles. The third kappa shape index (κ3) is 8.99. The predicted molar refractivity (Wildman–Crippen MR) is 165 cm³/mol. The van der Waals surface area contributed by atoms with E-state index >= 15 is 0 Å². The van der Waals surface area contributed by atoms with Crippen molar-refractivity contribution in [1.29, 1.82) is 0 Å². The Labute approximate surface area is 248 Å². The van der Waals surface area contributed by atoms with Crippen molar-refractivity contribution in [3.05, 3.63) is 84.9 Å². The molecule has 8 nitrogen and oxygen atoms in total. The lowest BCUT2D eigenvalue weighted by Gasteiger charge is -2.14. The average Bonchev–Trinajstić information content (AvgIpc) is 2.96. The molecule has 0 saturated carbocycles. The zero-order chi connectivity index (χ0) is 30.9. The molecule has 0 bridgehead atoms. The van der Waals surface area contributed by atoms with Crippen molar-refractivity contribution in [2.45, 2.75) is 36.5 Å². The lowest BCUT2D eigenvalue weighted by molar-refractivity contribution is 0.268. The summed E-state index contributed by atoms with van der Waals surface area (Å²) in [7, 11) is -6.39. The number of hydrogen-bond acceptors (Lipinski definition) is 8. The monoisotopic (exact) mass is 612 g/mol. The van der Waals surface area contributed by atoms with Crippen LogP contribution >= 0.6 is 0 Å². The summed E-state index contributed by atoms with van der Waals surface area (Å²) >= 11 is 0. The Morgan fingerprint density at radius 2 is 0.929 bits per heavy atom. The van der Waals surface area contributed by atoms with Crippen molar-refractivity contribution in [2.75, 3.05) is 25.7 Å². The maximum absolute atomic E-state index is 11.6. The van der Waals surface area contributed by atoms with Crippen molar-refractivity contribution >= 4 is 19.7 Å². The van der Waals surface area contributed by atoms with E-state index in [2.05, 4.69) is 13.8 Å². The number of ether oxygens (including phenoxy) is 2. The molecule has 4 rings (SSSR count). The quantitative estimate of drug-likeness (QED) is 0.194. The fraction of sp³-hybridized carbons (Fsp3) is 0.250. The predicted octanol–water partition coefficient (Wildman–Crippen LogP) is 6.50. The second-order valence-corrected chi connectivity index (χ2v) is 13.7. The average molecular weight is 613 g/mol. The lowest BCUT2D eigenvalue weighted by Crippen LogP contribution is -2.01. The Balaban J connectivity index is 0.000000240. The van der Waals surface area contributed by atoms with Crippen molar-refractivity contribution < 1.29 is 36.5 Å². The number of rotatable bonds is 10. The molecule has 0 aliphatic rings. The summed E-state index contributed by atoms with van der Waals surface area (Å²) in [6.07, 6.45) is 4.20. The van der Waals surface area contributed by atoms with Crippen molar-refractivity contribution in [3.63, 3.8) is 0 Å². The van der Waals surface area contributed by atoms with Gasteiger partial charge in [-0.2, -0.15) is 0 Å². The van der Waals surface area contributed by atoms with Crippen LogP contribution in [0.25, 0.3) is 22.3 Å². The van der Waals surface area contributed by atoms with E-state index in [1.807, 2.05) is 30.3 Å². The SMILES string of the molecule is CCCOc1ccc(-c2ccc(S(C)(=O)=O)cc2)cc1OCCC.CS(=O)(=O)c1ccc(-c2ccc(O)c(O)c2)cc1. The van der Waals surface area contributed by atoms with Gasteiger partial charge in [-0.15, -0.1) is 0 Å². The van der Waals surface area contributed by atoms with Crippen LogP contribution in [0.2, 0.25) is 0 Å². The Bertz CT molecular complexity index is 1690. The van der Waals surface area contributed by atoms with Gasteiger partial charge in [-0.3, -0.25) is 0 Å². The van der Waals surface area contributed by atoms with E-state index in [4.69, 9.17) is 9.47 Å². The number of phenolic OH excluding ortho intramolecular Hbond substituents is 2. The third-order valence-electron chi connectivity index (χ3n) is 6.07. The minimum atomic E-state index is -3.21. The summed E-state index contributed by atoms with van der Waals surface area (Å²) in [5, 5.41) is 18.6. The molecule has 0 aliphatic heterocycles. The van der Waals surface area contributed by atoms with E-state index in [-0.39, 0.29) is 16.4 Å². The van der Waals surface area contributed by atoms with Crippen LogP contribution in [0.3, 0.4) is 0 Å². The summed E-state index contributed by atoms with van der Waals surface area (Å²) in [6, 6.07) is 23.4. The Morgan fingerprint density at radius 1 is 0.524 bits per heavy atom. The summed E-state index contributed by atoms with van der Waals surface area (Å²) in [6.45, 7) is 5.38. The number of benzene rings is 4. The maximum atomic E-state index is 11.6. The molecule has 0 aromatic heterocycles. The largest absolute Gasteiger partial charge is 0.504 e. The Hall–Kier alpha value is -4.02. The van der Waals surface area contributed by atoms with Crippen LogP contribution in [0.15, 0.2) is 94.7 Å². The Morgan fingerprint density at radius 3 is 1.36 bits per heavy atom. The van der Waals surface area contributed by atoms with Gasteiger partial charge in [0.2, 0.25) is 0 Å². The van der Waals surface area contributed by atoms with Crippen molar-refractivity contribution in [1.82, 2.24) is 0 Å². The van der Waals surface area contributed by atoms with Gasteiger partial charge in [-0.1, -0.05) is 50.2 Å². The molecule has 0 spiro atoms. The molecule has 0 fully saturated rings. The summed E-state index contributed by atoms with van der Waals surface area (Å²) in [4.78, 5) is 0.561. The van der Waals surface area contributed by atoms with Gasteiger partial charge in [0, 0.05) is 12.5 Å². The van der Waals surface area contributed by atoms with Crippen molar-refractivity contribution in [3.8, 4) is 45.3 Å². The molecule has 0 amide bonds. The third-order valence-corrected chi connectivity index (χ3v) is 8.33.